The van der Waals surface area contributed by atoms with Crippen LogP contribution in [0.5, 0.6) is 0 Å². The lowest BCUT2D eigenvalue weighted by molar-refractivity contribution is 0.696. The number of rotatable bonds is 1. The molecule has 0 fully saturated rings. The van der Waals surface area contributed by atoms with Gasteiger partial charge in [-0.1, -0.05) is 11.6 Å². The lowest BCUT2D eigenvalue weighted by Gasteiger charge is -2.29. The second kappa shape index (κ2) is 4.30. The molecule has 0 amide bonds. The zero-order valence-corrected chi connectivity index (χ0v) is 9.93. The molecule has 0 bridgehead atoms. The van der Waals surface area contributed by atoms with E-state index in [0.29, 0.717) is 5.02 Å². The van der Waals surface area contributed by atoms with Crippen LogP contribution in [0.3, 0.4) is 0 Å². The molecule has 1 aliphatic heterocycles. The van der Waals surface area contributed by atoms with Crippen LogP contribution < -0.4 is 4.90 Å². The molecule has 17 heavy (non-hydrogen) atoms. The van der Waals surface area contributed by atoms with Gasteiger partial charge in [0.2, 0.25) is 0 Å². The summed E-state index contributed by atoms with van der Waals surface area (Å²) in [5, 5.41) is 0.688. The molecule has 4 nitrogen and oxygen atoms in total. The van der Waals surface area contributed by atoms with Gasteiger partial charge in [-0.2, -0.15) is 0 Å². The van der Waals surface area contributed by atoms with E-state index in [1.54, 1.807) is 12.5 Å². The highest BCUT2D eigenvalue weighted by Gasteiger charge is 2.19. The van der Waals surface area contributed by atoms with Gasteiger partial charge in [0.15, 0.2) is 0 Å². The standard InChI is InChI=1S/C12H11ClN4/c13-10-2-1-4-15-12(10)17-5-3-11-9(7-17)6-14-8-16-11/h1-2,4,6,8H,3,5,7H2. The molecule has 3 rings (SSSR count). The van der Waals surface area contributed by atoms with Crippen molar-refractivity contribution in [2.45, 2.75) is 13.0 Å². The number of aromatic nitrogens is 3. The summed E-state index contributed by atoms with van der Waals surface area (Å²) in [6.45, 7) is 1.66. The number of pyridine rings is 1. The van der Waals surface area contributed by atoms with Crippen LogP contribution in [0.15, 0.2) is 30.9 Å². The van der Waals surface area contributed by atoms with Crippen LogP contribution in [0, 0.1) is 0 Å². The summed E-state index contributed by atoms with van der Waals surface area (Å²) >= 11 is 6.15. The summed E-state index contributed by atoms with van der Waals surface area (Å²) in [6.07, 6.45) is 6.14. The zero-order valence-electron chi connectivity index (χ0n) is 9.17. The molecule has 2 aromatic heterocycles. The summed E-state index contributed by atoms with van der Waals surface area (Å²) < 4.78 is 0. The van der Waals surface area contributed by atoms with Crippen molar-refractivity contribution in [2.24, 2.45) is 0 Å². The van der Waals surface area contributed by atoms with Gasteiger partial charge in [-0.25, -0.2) is 15.0 Å². The van der Waals surface area contributed by atoms with Crippen molar-refractivity contribution >= 4 is 17.4 Å². The van der Waals surface area contributed by atoms with Gasteiger partial charge in [-0.3, -0.25) is 0 Å². The van der Waals surface area contributed by atoms with Crippen molar-refractivity contribution in [3.05, 3.63) is 47.1 Å². The molecule has 5 heteroatoms. The van der Waals surface area contributed by atoms with Crippen molar-refractivity contribution in [1.82, 2.24) is 15.0 Å². The van der Waals surface area contributed by atoms with Crippen LogP contribution in [0.1, 0.15) is 11.3 Å². The van der Waals surface area contributed by atoms with Gasteiger partial charge in [0.05, 0.1) is 10.7 Å². The average Bonchev–Trinajstić information content (AvgIpc) is 2.39. The van der Waals surface area contributed by atoms with Crippen molar-refractivity contribution < 1.29 is 0 Å². The van der Waals surface area contributed by atoms with E-state index in [1.807, 2.05) is 18.3 Å². The molecule has 0 unspecified atom stereocenters. The Morgan fingerprint density at radius 2 is 2.24 bits per heavy atom. The second-order valence-electron chi connectivity index (χ2n) is 3.98. The normalized spacial score (nSPS) is 14.5. The minimum atomic E-state index is 0.688. The summed E-state index contributed by atoms with van der Waals surface area (Å²) in [4.78, 5) is 14.8. The molecule has 0 N–H and O–H groups in total. The van der Waals surface area contributed by atoms with E-state index in [-0.39, 0.29) is 0 Å². The predicted molar refractivity (Wildman–Crippen MR) is 66.0 cm³/mol. The Labute approximate surface area is 104 Å². The zero-order chi connectivity index (χ0) is 11.7. The Morgan fingerprint density at radius 3 is 3.12 bits per heavy atom. The van der Waals surface area contributed by atoms with Gasteiger partial charge in [0, 0.05) is 37.5 Å². The second-order valence-corrected chi connectivity index (χ2v) is 4.38. The third-order valence-electron chi connectivity index (χ3n) is 2.90. The fourth-order valence-corrected chi connectivity index (χ4v) is 2.30. The molecule has 0 atom stereocenters. The SMILES string of the molecule is Clc1cccnc1N1CCc2ncncc2C1. The molecular weight excluding hydrogens is 236 g/mol. The molecule has 0 aromatic carbocycles. The summed E-state index contributed by atoms with van der Waals surface area (Å²) in [5.74, 6) is 0.837. The fourth-order valence-electron chi connectivity index (χ4n) is 2.06. The van der Waals surface area contributed by atoms with E-state index in [4.69, 9.17) is 11.6 Å². The van der Waals surface area contributed by atoms with Gasteiger partial charge in [-0.15, -0.1) is 0 Å². The molecule has 0 radical (unpaired) electrons. The quantitative estimate of drug-likeness (QED) is 0.773. The number of hydrogen-bond donors (Lipinski definition) is 0. The van der Waals surface area contributed by atoms with E-state index < -0.39 is 0 Å². The monoisotopic (exact) mass is 246 g/mol. The first kappa shape index (κ1) is 10.5. The van der Waals surface area contributed by atoms with Gasteiger partial charge in [-0.05, 0) is 12.1 Å². The number of fused-ring (bicyclic) bond motifs is 1. The Bertz CT molecular complexity index is 544. The Kier molecular flexibility index (Phi) is 2.65. The van der Waals surface area contributed by atoms with E-state index in [9.17, 15) is 0 Å². The maximum Gasteiger partial charge on any atom is 0.147 e. The molecule has 2 aromatic rings. The highest BCUT2D eigenvalue weighted by Crippen LogP contribution is 2.26. The lowest BCUT2D eigenvalue weighted by atomic mass is 10.1. The molecule has 0 aliphatic carbocycles. The molecule has 0 spiro atoms. The third-order valence-corrected chi connectivity index (χ3v) is 3.19. The molecule has 0 saturated heterocycles. The van der Waals surface area contributed by atoms with Crippen LogP contribution in [0.2, 0.25) is 5.02 Å². The van der Waals surface area contributed by atoms with E-state index >= 15 is 0 Å². The number of anilines is 1. The first-order valence-electron chi connectivity index (χ1n) is 5.48. The minimum Gasteiger partial charge on any atom is -0.351 e. The maximum atomic E-state index is 6.15. The minimum absolute atomic E-state index is 0.688. The van der Waals surface area contributed by atoms with Crippen LogP contribution >= 0.6 is 11.6 Å². The van der Waals surface area contributed by atoms with Crippen molar-refractivity contribution in [1.29, 1.82) is 0 Å². The Balaban J connectivity index is 1.92. The van der Waals surface area contributed by atoms with Crippen LogP contribution in [0.4, 0.5) is 5.82 Å². The molecule has 86 valence electrons. The van der Waals surface area contributed by atoms with Crippen molar-refractivity contribution in [2.75, 3.05) is 11.4 Å². The van der Waals surface area contributed by atoms with E-state index in [1.165, 1.54) is 0 Å². The molecule has 0 saturated carbocycles. The van der Waals surface area contributed by atoms with Gasteiger partial charge < -0.3 is 4.90 Å². The molecular formula is C12H11ClN4. The van der Waals surface area contributed by atoms with Crippen LogP contribution in [0.25, 0.3) is 0 Å². The Hall–Kier alpha value is -1.68. The summed E-state index contributed by atoms with van der Waals surface area (Å²) in [5.41, 5.74) is 2.28. The third kappa shape index (κ3) is 1.96. The van der Waals surface area contributed by atoms with Crippen LogP contribution in [-0.2, 0) is 13.0 Å². The number of nitrogens with zero attached hydrogens (tertiary/aromatic N) is 4. The van der Waals surface area contributed by atoms with Crippen LogP contribution in [-0.4, -0.2) is 21.5 Å². The van der Waals surface area contributed by atoms with Crippen molar-refractivity contribution in [3.8, 4) is 0 Å². The Morgan fingerprint density at radius 1 is 1.29 bits per heavy atom. The van der Waals surface area contributed by atoms with Crippen molar-refractivity contribution in [3.63, 3.8) is 0 Å². The number of hydrogen-bond acceptors (Lipinski definition) is 4. The van der Waals surface area contributed by atoms with Gasteiger partial charge in [0.25, 0.3) is 0 Å². The van der Waals surface area contributed by atoms with E-state index in [2.05, 4.69) is 19.9 Å². The first-order valence-corrected chi connectivity index (χ1v) is 5.85. The molecule has 3 heterocycles. The average molecular weight is 247 g/mol. The summed E-state index contributed by atoms with van der Waals surface area (Å²) in [7, 11) is 0. The highest BCUT2D eigenvalue weighted by molar-refractivity contribution is 6.32. The van der Waals surface area contributed by atoms with Gasteiger partial charge in [0.1, 0.15) is 12.1 Å². The number of halogens is 1. The predicted octanol–water partition coefficient (Wildman–Crippen LogP) is 2.09. The highest BCUT2D eigenvalue weighted by atomic mass is 35.5. The van der Waals surface area contributed by atoms with Gasteiger partial charge >= 0.3 is 0 Å². The first-order chi connectivity index (χ1) is 8.34. The fraction of sp³-hybridized carbons (Fsp3) is 0.250. The lowest BCUT2D eigenvalue weighted by Crippen LogP contribution is -2.31. The smallest absolute Gasteiger partial charge is 0.147 e. The summed E-state index contributed by atoms with van der Waals surface area (Å²) in [6, 6.07) is 3.70. The largest absolute Gasteiger partial charge is 0.351 e. The molecule has 1 aliphatic rings. The maximum absolute atomic E-state index is 6.15. The van der Waals surface area contributed by atoms with E-state index in [0.717, 1.165) is 36.6 Å². The topological polar surface area (TPSA) is 41.9 Å².